The summed E-state index contributed by atoms with van der Waals surface area (Å²) in [5.41, 5.74) is 3.87. The normalized spacial score (nSPS) is 10.1. The van der Waals surface area contributed by atoms with Crippen LogP contribution < -0.4 is 4.74 Å². The van der Waals surface area contributed by atoms with Crippen LogP contribution in [0, 0.1) is 11.8 Å². The Labute approximate surface area is 188 Å². The molecule has 3 aromatic rings. The Balaban J connectivity index is 1.68. The second kappa shape index (κ2) is 10.3. The molecule has 0 fully saturated rings. The largest absolute Gasteiger partial charge is 0.457 e. The molecule has 0 amide bonds. The van der Waals surface area contributed by atoms with E-state index in [0.717, 1.165) is 27.5 Å². The Bertz CT molecular complexity index is 1250. The van der Waals surface area contributed by atoms with E-state index in [0.29, 0.717) is 16.9 Å². The monoisotopic (exact) mass is 424 g/mol. The molecule has 0 heterocycles. The maximum Gasteiger partial charge on any atom is 0.335 e. The van der Waals surface area contributed by atoms with Crippen molar-refractivity contribution >= 4 is 22.5 Å². The predicted molar refractivity (Wildman–Crippen MR) is 127 cm³/mol. The summed E-state index contributed by atoms with van der Waals surface area (Å²) in [5.74, 6) is 6.01. The minimum atomic E-state index is -0.479. The molecule has 3 aromatic carbocycles. The fraction of sp³-hybridized carbons (Fsp3) is 0.143. The number of ether oxygens (including phenoxy) is 2. The fourth-order valence-electron chi connectivity index (χ4n) is 2.89. The van der Waals surface area contributed by atoms with Gasteiger partial charge in [0, 0.05) is 11.1 Å². The van der Waals surface area contributed by atoms with Crippen molar-refractivity contribution in [1.82, 2.24) is 0 Å². The van der Waals surface area contributed by atoms with Gasteiger partial charge in [-0.1, -0.05) is 55.3 Å². The molecule has 0 aromatic heterocycles. The van der Waals surface area contributed by atoms with Crippen molar-refractivity contribution in [3.63, 3.8) is 0 Å². The van der Waals surface area contributed by atoms with Gasteiger partial charge in [-0.05, 0) is 71.7 Å². The SMILES string of the molecule is C=C(C)C(=O)CC#Cc1ccc(-c2ccc3cc(OCOC(=O)C(=C)C)ccc3c2)cc1. The minimum absolute atomic E-state index is 0.0354. The lowest BCUT2D eigenvalue weighted by Crippen LogP contribution is -2.10. The lowest BCUT2D eigenvalue weighted by molar-refractivity contribution is -0.145. The van der Waals surface area contributed by atoms with Crippen molar-refractivity contribution in [1.29, 1.82) is 0 Å². The van der Waals surface area contributed by atoms with Crippen molar-refractivity contribution in [2.45, 2.75) is 20.3 Å². The Morgan fingerprint density at radius 1 is 0.844 bits per heavy atom. The summed E-state index contributed by atoms with van der Waals surface area (Å²) in [5, 5.41) is 2.08. The molecular weight excluding hydrogens is 400 g/mol. The van der Waals surface area contributed by atoms with Crippen molar-refractivity contribution < 1.29 is 19.1 Å². The third-order valence-corrected chi connectivity index (χ3v) is 4.75. The van der Waals surface area contributed by atoms with Gasteiger partial charge in [-0.25, -0.2) is 4.79 Å². The smallest absolute Gasteiger partial charge is 0.335 e. The number of fused-ring (bicyclic) bond motifs is 1. The number of carbonyl (C=O) groups is 2. The number of esters is 1. The second-order valence-electron chi connectivity index (χ2n) is 7.46. The third kappa shape index (κ3) is 5.96. The van der Waals surface area contributed by atoms with Gasteiger partial charge in [0.2, 0.25) is 6.79 Å². The number of carbonyl (C=O) groups excluding carboxylic acids is 2. The maximum absolute atomic E-state index is 11.6. The average Bonchev–Trinajstić information content (AvgIpc) is 2.78. The van der Waals surface area contributed by atoms with Crippen LogP contribution in [0.25, 0.3) is 21.9 Å². The van der Waals surface area contributed by atoms with Crippen LogP contribution >= 0.6 is 0 Å². The van der Waals surface area contributed by atoms with E-state index in [2.05, 4.69) is 31.1 Å². The van der Waals surface area contributed by atoms with Gasteiger partial charge in [0.15, 0.2) is 5.78 Å². The number of allylic oxidation sites excluding steroid dienone is 1. The van der Waals surface area contributed by atoms with Gasteiger partial charge in [-0.3, -0.25) is 4.79 Å². The molecule has 4 nitrogen and oxygen atoms in total. The molecule has 0 aliphatic carbocycles. The Morgan fingerprint density at radius 2 is 1.50 bits per heavy atom. The average molecular weight is 424 g/mol. The van der Waals surface area contributed by atoms with Gasteiger partial charge in [0.05, 0.1) is 6.42 Å². The zero-order valence-electron chi connectivity index (χ0n) is 18.2. The summed E-state index contributed by atoms with van der Waals surface area (Å²) in [7, 11) is 0. The van der Waals surface area contributed by atoms with E-state index in [1.807, 2.05) is 54.6 Å². The number of Topliss-reactive ketones (excluding diaryl/α,β-unsaturated/α-hetero) is 1. The molecule has 4 heteroatoms. The first-order valence-electron chi connectivity index (χ1n) is 10.1. The molecule has 0 saturated carbocycles. The molecule has 32 heavy (non-hydrogen) atoms. The first-order chi connectivity index (χ1) is 15.3. The number of ketones is 1. The predicted octanol–water partition coefficient (Wildman–Crippen LogP) is 5.85. The van der Waals surface area contributed by atoms with Crippen LogP contribution in [0.2, 0.25) is 0 Å². The van der Waals surface area contributed by atoms with Crippen molar-refractivity contribution in [3.05, 3.63) is 90.5 Å². The van der Waals surface area contributed by atoms with Crippen LogP contribution in [0.15, 0.2) is 85.0 Å². The molecule has 0 bridgehead atoms. The summed E-state index contributed by atoms with van der Waals surface area (Å²) in [6, 6.07) is 19.8. The molecule has 0 aliphatic heterocycles. The molecule has 0 saturated heterocycles. The van der Waals surface area contributed by atoms with E-state index in [9.17, 15) is 9.59 Å². The Hall–Kier alpha value is -4.10. The van der Waals surface area contributed by atoms with E-state index in [1.165, 1.54) is 0 Å². The van der Waals surface area contributed by atoms with Crippen molar-refractivity contribution in [2.75, 3.05) is 6.79 Å². The number of rotatable bonds is 7. The summed E-state index contributed by atoms with van der Waals surface area (Å²) < 4.78 is 10.5. The van der Waals surface area contributed by atoms with Crippen molar-refractivity contribution in [3.8, 4) is 28.7 Å². The van der Waals surface area contributed by atoms with E-state index in [-0.39, 0.29) is 19.0 Å². The third-order valence-electron chi connectivity index (χ3n) is 4.75. The molecule has 0 atom stereocenters. The Kier molecular flexibility index (Phi) is 7.25. The zero-order valence-corrected chi connectivity index (χ0v) is 18.2. The van der Waals surface area contributed by atoms with Gasteiger partial charge < -0.3 is 9.47 Å². The highest BCUT2D eigenvalue weighted by atomic mass is 16.7. The van der Waals surface area contributed by atoms with Crippen LogP contribution in [0.3, 0.4) is 0 Å². The van der Waals surface area contributed by atoms with E-state index in [4.69, 9.17) is 9.47 Å². The topological polar surface area (TPSA) is 52.6 Å². The molecule has 0 aliphatic rings. The molecule has 0 unspecified atom stereocenters. The lowest BCUT2D eigenvalue weighted by atomic mass is 10.00. The molecular formula is C28H24O4. The molecule has 0 radical (unpaired) electrons. The highest BCUT2D eigenvalue weighted by Gasteiger charge is 2.05. The molecule has 160 valence electrons. The first kappa shape index (κ1) is 22.6. The number of hydrogen-bond donors (Lipinski definition) is 0. The number of benzene rings is 3. The quantitative estimate of drug-likeness (QED) is 0.207. The lowest BCUT2D eigenvalue weighted by Gasteiger charge is -2.09. The molecule has 0 N–H and O–H groups in total. The van der Waals surface area contributed by atoms with Gasteiger partial charge in [0.1, 0.15) is 5.75 Å². The highest BCUT2D eigenvalue weighted by molar-refractivity contribution is 5.95. The molecule has 0 spiro atoms. The zero-order chi connectivity index (χ0) is 23.1. The second-order valence-corrected chi connectivity index (χ2v) is 7.46. The van der Waals surface area contributed by atoms with E-state index in [1.54, 1.807) is 13.8 Å². The maximum atomic E-state index is 11.6. The highest BCUT2D eigenvalue weighted by Crippen LogP contribution is 2.27. The van der Waals surface area contributed by atoms with Gasteiger partial charge in [-0.2, -0.15) is 0 Å². The summed E-state index contributed by atoms with van der Waals surface area (Å²) in [6.45, 7) is 10.3. The number of hydrogen-bond acceptors (Lipinski definition) is 4. The van der Waals surface area contributed by atoms with E-state index < -0.39 is 5.97 Å². The molecule has 3 rings (SSSR count). The van der Waals surface area contributed by atoms with Crippen molar-refractivity contribution in [2.24, 2.45) is 0 Å². The van der Waals surface area contributed by atoms with E-state index >= 15 is 0 Å². The minimum Gasteiger partial charge on any atom is -0.457 e. The van der Waals surface area contributed by atoms with Crippen LogP contribution in [-0.4, -0.2) is 18.5 Å². The van der Waals surface area contributed by atoms with Crippen LogP contribution in [-0.2, 0) is 14.3 Å². The summed E-state index contributed by atoms with van der Waals surface area (Å²) in [4.78, 5) is 23.0. The van der Waals surface area contributed by atoms with Gasteiger partial charge >= 0.3 is 5.97 Å². The Morgan fingerprint density at radius 3 is 2.19 bits per heavy atom. The van der Waals surface area contributed by atoms with Crippen LogP contribution in [0.5, 0.6) is 5.75 Å². The van der Waals surface area contributed by atoms with Gasteiger partial charge in [-0.15, -0.1) is 0 Å². The summed E-state index contributed by atoms with van der Waals surface area (Å²) >= 11 is 0. The fourth-order valence-corrected chi connectivity index (χ4v) is 2.89. The standard InChI is InChI=1S/C28H24O4/c1-19(2)27(29)7-5-6-21-8-10-22(11-9-21)23-12-13-25-17-26(15-14-24(25)16-23)31-18-32-28(30)20(3)4/h8-17H,1,3,7,18H2,2,4H3. The van der Waals surface area contributed by atoms with Crippen LogP contribution in [0.4, 0.5) is 0 Å². The van der Waals surface area contributed by atoms with Crippen LogP contribution in [0.1, 0.15) is 25.8 Å². The summed E-state index contributed by atoms with van der Waals surface area (Å²) in [6.07, 6.45) is 0.184. The first-order valence-corrected chi connectivity index (χ1v) is 10.1. The van der Waals surface area contributed by atoms with Gasteiger partial charge in [0.25, 0.3) is 0 Å².